The highest BCUT2D eigenvalue weighted by Gasteiger charge is 2.15. The van der Waals surface area contributed by atoms with Crippen LogP contribution in [0.2, 0.25) is 0 Å². The third-order valence-corrected chi connectivity index (χ3v) is 8.25. The summed E-state index contributed by atoms with van der Waals surface area (Å²) in [6, 6.07) is 17.8. The average Bonchev–Trinajstić information content (AvgIpc) is 3.53. The van der Waals surface area contributed by atoms with Crippen LogP contribution in [0.5, 0.6) is 0 Å². The van der Waals surface area contributed by atoms with Crippen molar-refractivity contribution in [1.82, 2.24) is 25.2 Å². The van der Waals surface area contributed by atoms with Crippen LogP contribution >= 0.6 is 0 Å². The molecular formula is C37H49N7O8. The lowest BCUT2D eigenvalue weighted by molar-refractivity contribution is -0.159. The van der Waals surface area contributed by atoms with Crippen molar-refractivity contribution in [3.8, 4) is 22.6 Å². The summed E-state index contributed by atoms with van der Waals surface area (Å²) in [7, 11) is 4.72. The van der Waals surface area contributed by atoms with Crippen LogP contribution in [-0.2, 0) is 48.8 Å². The van der Waals surface area contributed by atoms with Gasteiger partial charge >= 0.3 is 23.9 Å². The number of hydrogen-bond acceptors (Lipinski definition) is 12. The molecule has 0 aliphatic carbocycles. The van der Waals surface area contributed by atoms with Crippen LogP contribution in [0.25, 0.3) is 33.7 Å². The Morgan fingerprint density at radius 2 is 1.17 bits per heavy atom. The Bertz CT molecular complexity index is 1750. The number of rotatable bonds is 18. The van der Waals surface area contributed by atoms with Crippen molar-refractivity contribution in [1.29, 1.82) is 0 Å². The van der Waals surface area contributed by atoms with Gasteiger partial charge < -0.3 is 46.4 Å². The van der Waals surface area contributed by atoms with Crippen molar-refractivity contribution in [2.24, 2.45) is 18.5 Å². The number of esters is 2. The van der Waals surface area contributed by atoms with Crippen molar-refractivity contribution in [3.05, 3.63) is 71.9 Å². The SMILES string of the molecule is COC(=O)C(N)CCCCNCc1ccc(-c2nc(-c3ccc(CNCCCCC(N)C(=O)OC)cc3)c3ccn(C)c3n2)cc1.O=C(O)C(=O)O. The van der Waals surface area contributed by atoms with Crippen molar-refractivity contribution in [2.45, 2.75) is 63.7 Å². The molecule has 0 amide bonds. The Kier molecular flexibility index (Phi) is 16.8. The molecule has 2 aromatic heterocycles. The van der Waals surface area contributed by atoms with E-state index in [-0.39, 0.29) is 11.9 Å². The van der Waals surface area contributed by atoms with Crippen molar-refractivity contribution in [2.75, 3.05) is 27.3 Å². The molecule has 2 unspecified atom stereocenters. The molecule has 8 N–H and O–H groups in total. The second kappa shape index (κ2) is 21.2. The van der Waals surface area contributed by atoms with Crippen LogP contribution in [-0.4, -0.2) is 88.0 Å². The predicted molar refractivity (Wildman–Crippen MR) is 196 cm³/mol. The normalized spacial score (nSPS) is 12.0. The summed E-state index contributed by atoms with van der Waals surface area (Å²) in [5.74, 6) is -3.68. The molecule has 2 heterocycles. The molecule has 0 aliphatic heterocycles. The smallest absolute Gasteiger partial charge is 0.414 e. The second-order valence-electron chi connectivity index (χ2n) is 12.2. The van der Waals surface area contributed by atoms with Crippen LogP contribution in [0.1, 0.15) is 49.7 Å². The van der Waals surface area contributed by atoms with Gasteiger partial charge in [-0.2, -0.15) is 0 Å². The van der Waals surface area contributed by atoms with Crippen LogP contribution < -0.4 is 22.1 Å². The van der Waals surface area contributed by atoms with E-state index in [2.05, 4.69) is 74.7 Å². The number of aromatic nitrogens is 3. The molecule has 2 aromatic carbocycles. The Labute approximate surface area is 302 Å². The van der Waals surface area contributed by atoms with Gasteiger partial charge in [-0.25, -0.2) is 19.6 Å². The summed E-state index contributed by atoms with van der Waals surface area (Å²) in [5, 5.41) is 22.7. The summed E-state index contributed by atoms with van der Waals surface area (Å²) in [5.41, 5.74) is 17.7. The van der Waals surface area contributed by atoms with E-state index < -0.39 is 24.0 Å². The van der Waals surface area contributed by atoms with E-state index in [0.717, 1.165) is 79.7 Å². The van der Waals surface area contributed by atoms with E-state index >= 15 is 0 Å². The summed E-state index contributed by atoms with van der Waals surface area (Å²) in [6.07, 6.45) is 6.85. The second-order valence-corrected chi connectivity index (χ2v) is 12.2. The molecule has 280 valence electrons. The number of benzene rings is 2. The molecule has 0 spiro atoms. The molecule has 2 atom stereocenters. The number of methoxy groups -OCH3 is 2. The lowest BCUT2D eigenvalue weighted by atomic mass is 10.1. The van der Waals surface area contributed by atoms with Crippen molar-refractivity contribution >= 4 is 34.9 Å². The number of nitrogens with zero attached hydrogens (tertiary/aromatic N) is 3. The summed E-state index contributed by atoms with van der Waals surface area (Å²) < 4.78 is 11.4. The number of carbonyl (C=O) groups excluding carboxylic acids is 2. The topological polar surface area (TPSA) is 234 Å². The maximum absolute atomic E-state index is 11.4. The van der Waals surface area contributed by atoms with Crippen molar-refractivity contribution < 1.29 is 38.9 Å². The molecule has 4 rings (SSSR count). The fourth-order valence-electron chi connectivity index (χ4n) is 5.27. The zero-order chi connectivity index (χ0) is 38.0. The van der Waals surface area contributed by atoms with Crippen LogP contribution in [0.15, 0.2) is 60.8 Å². The van der Waals surface area contributed by atoms with E-state index in [1.54, 1.807) is 0 Å². The number of aliphatic carboxylic acids is 2. The number of hydrogen-bond donors (Lipinski definition) is 6. The molecule has 0 bridgehead atoms. The summed E-state index contributed by atoms with van der Waals surface area (Å²) in [4.78, 5) is 51.0. The number of carboxylic acid groups (broad SMARTS) is 2. The zero-order valence-corrected chi connectivity index (χ0v) is 29.8. The number of ether oxygens (including phenoxy) is 2. The minimum atomic E-state index is -1.82. The van der Waals surface area contributed by atoms with Gasteiger partial charge in [0.1, 0.15) is 17.7 Å². The fourth-order valence-corrected chi connectivity index (χ4v) is 5.27. The number of carbonyl (C=O) groups is 4. The monoisotopic (exact) mass is 719 g/mol. The number of aryl methyl sites for hydroxylation is 1. The van der Waals surface area contributed by atoms with Gasteiger partial charge in [0, 0.05) is 42.8 Å². The van der Waals surface area contributed by atoms with Gasteiger partial charge in [0.05, 0.1) is 19.9 Å². The number of nitrogens with two attached hydrogens (primary N) is 2. The van der Waals surface area contributed by atoms with E-state index in [1.165, 1.54) is 25.3 Å². The molecule has 4 aromatic rings. The number of unbranched alkanes of at least 4 members (excludes halogenated alkanes) is 2. The molecule has 0 aliphatic rings. The Hall–Kier alpha value is -5.22. The number of nitrogens with one attached hydrogen (secondary N) is 2. The quantitative estimate of drug-likeness (QED) is 0.0493. The maximum atomic E-state index is 11.4. The van der Waals surface area contributed by atoms with Crippen molar-refractivity contribution in [3.63, 3.8) is 0 Å². The van der Waals surface area contributed by atoms with Gasteiger partial charge in [-0.15, -0.1) is 0 Å². The zero-order valence-electron chi connectivity index (χ0n) is 29.8. The van der Waals surface area contributed by atoms with E-state index in [1.807, 2.05) is 17.8 Å². The highest BCUT2D eigenvalue weighted by atomic mass is 16.5. The maximum Gasteiger partial charge on any atom is 0.414 e. The first-order valence-corrected chi connectivity index (χ1v) is 17.0. The van der Waals surface area contributed by atoms with E-state index in [9.17, 15) is 9.59 Å². The van der Waals surface area contributed by atoms with Gasteiger partial charge in [-0.05, 0) is 56.0 Å². The van der Waals surface area contributed by atoms with Crippen LogP contribution in [0.3, 0.4) is 0 Å². The lowest BCUT2D eigenvalue weighted by Crippen LogP contribution is -2.31. The van der Waals surface area contributed by atoms with Gasteiger partial charge in [0.2, 0.25) is 0 Å². The minimum Gasteiger partial charge on any atom is -0.473 e. The molecule has 0 saturated carbocycles. The van der Waals surface area contributed by atoms with Gasteiger partial charge in [0.25, 0.3) is 0 Å². The average molecular weight is 720 g/mol. The van der Waals surface area contributed by atoms with Gasteiger partial charge in [-0.3, -0.25) is 9.59 Å². The molecule has 52 heavy (non-hydrogen) atoms. The molecule has 15 heteroatoms. The summed E-state index contributed by atoms with van der Waals surface area (Å²) >= 11 is 0. The summed E-state index contributed by atoms with van der Waals surface area (Å²) in [6.45, 7) is 3.19. The molecule has 0 fully saturated rings. The Morgan fingerprint density at radius 1 is 0.712 bits per heavy atom. The molecule has 0 saturated heterocycles. The number of fused-ring (bicyclic) bond motifs is 1. The number of carboxylic acids is 2. The third-order valence-electron chi connectivity index (χ3n) is 8.25. The van der Waals surface area contributed by atoms with E-state index in [0.29, 0.717) is 18.7 Å². The molecule has 15 nitrogen and oxygen atoms in total. The third kappa shape index (κ3) is 12.8. The largest absolute Gasteiger partial charge is 0.473 e. The molecule has 0 radical (unpaired) electrons. The van der Waals surface area contributed by atoms with Crippen LogP contribution in [0.4, 0.5) is 0 Å². The van der Waals surface area contributed by atoms with Gasteiger partial charge in [0.15, 0.2) is 5.82 Å². The van der Waals surface area contributed by atoms with Crippen LogP contribution in [0, 0.1) is 0 Å². The molecular weight excluding hydrogens is 670 g/mol. The highest BCUT2D eigenvalue weighted by molar-refractivity contribution is 6.27. The Morgan fingerprint density at radius 3 is 1.62 bits per heavy atom. The minimum absolute atomic E-state index is 0.358. The first-order chi connectivity index (χ1) is 24.9. The standard InChI is InChI=1S/C35H47N7O4.C2H2O4/c1-42-21-18-28-31(26-14-10-24(11-15-26)22-38-19-6-4-8-29(36)34(43)45-2)40-32(41-33(28)42)27-16-12-25(13-17-27)23-39-20-7-5-9-30(37)35(44)46-3;3-1(4)2(5)6/h10-18,21,29-30,38-39H,4-9,19-20,22-23,36-37H2,1-3H3;(H,3,4)(H,5,6). The fraction of sp³-hybridized carbons (Fsp3) is 0.405. The highest BCUT2D eigenvalue weighted by Crippen LogP contribution is 2.30. The van der Waals surface area contributed by atoms with E-state index in [4.69, 9.17) is 41.2 Å². The Balaban J connectivity index is 0.00000112. The first-order valence-electron chi connectivity index (χ1n) is 17.0. The van der Waals surface area contributed by atoms with Gasteiger partial charge in [-0.1, -0.05) is 61.4 Å². The first kappa shape index (κ1) is 41.2. The lowest BCUT2D eigenvalue weighted by Gasteiger charge is -2.11. The predicted octanol–water partition coefficient (Wildman–Crippen LogP) is 2.98.